The average Bonchev–Trinajstić information content (AvgIpc) is 2.87. The number of hydrogen-bond acceptors (Lipinski definition) is 2. The number of nitrogens with zero attached hydrogens (tertiary/aromatic N) is 2. The van der Waals surface area contributed by atoms with E-state index in [2.05, 4.69) is 47.2 Å². The van der Waals surface area contributed by atoms with Crippen molar-refractivity contribution in [2.45, 2.75) is 32.4 Å². The highest BCUT2D eigenvalue weighted by Crippen LogP contribution is 2.08. The third kappa shape index (κ3) is 3.35. The van der Waals surface area contributed by atoms with Gasteiger partial charge < -0.3 is 14.8 Å². The molecule has 1 aromatic heterocycles. The minimum Gasteiger partial charge on any atom is -0.357 e. The molecule has 0 aliphatic carbocycles. The van der Waals surface area contributed by atoms with Crippen LogP contribution in [0.3, 0.4) is 0 Å². The van der Waals surface area contributed by atoms with E-state index in [0.29, 0.717) is 6.04 Å². The Bertz CT molecular complexity index is 313. The molecular formula is C13H23N3. The van der Waals surface area contributed by atoms with Gasteiger partial charge >= 0.3 is 0 Å². The van der Waals surface area contributed by atoms with Crippen LogP contribution < -0.4 is 5.32 Å². The van der Waals surface area contributed by atoms with Crippen molar-refractivity contribution in [2.24, 2.45) is 7.05 Å². The van der Waals surface area contributed by atoms with Crippen LogP contribution in [0.15, 0.2) is 18.5 Å². The van der Waals surface area contributed by atoms with E-state index in [1.807, 2.05) is 0 Å². The van der Waals surface area contributed by atoms with Crippen LogP contribution in [0.25, 0.3) is 0 Å². The topological polar surface area (TPSA) is 20.2 Å². The van der Waals surface area contributed by atoms with Crippen molar-refractivity contribution in [1.82, 2.24) is 14.8 Å². The van der Waals surface area contributed by atoms with Crippen molar-refractivity contribution in [2.75, 3.05) is 19.6 Å². The highest BCUT2D eigenvalue weighted by atomic mass is 15.2. The summed E-state index contributed by atoms with van der Waals surface area (Å²) in [6.07, 6.45) is 7.04. The summed E-state index contributed by atoms with van der Waals surface area (Å²) in [6.45, 7) is 7.03. The molecule has 0 amide bonds. The Labute approximate surface area is 98.4 Å². The van der Waals surface area contributed by atoms with Gasteiger partial charge in [0.1, 0.15) is 0 Å². The normalized spacial score (nSPS) is 19.1. The molecule has 1 saturated heterocycles. The molecule has 0 spiro atoms. The number of nitrogens with one attached hydrogen (secondary N) is 1. The van der Waals surface area contributed by atoms with Gasteiger partial charge in [-0.25, -0.2) is 0 Å². The summed E-state index contributed by atoms with van der Waals surface area (Å²) in [5.74, 6) is 0. The van der Waals surface area contributed by atoms with Gasteiger partial charge in [0, 0.05) is 38.6 Å². The summed E-state index contributed by atoms with van der Waals surface area (Å²) in [4.78, 5) is 2.56. The Kier molecular flexibility index (Phi) is 4.02. The van der Waals surface area contributed by atoms with Gasteiger partial charge in [0.2, 0.25) is 0 Å². The van der Waals surface area contributed by atoms with Gasteiger partial charge in [-0.3, -0.25) is 0 Å². The Balaban J connectivity index is 1.68. The third-order valence-electron chi connectivity index (χ3n) is 3.28. The average molecular weight is 221 g/mol. The molecule has 90 valence electrons. The van der Waals surface area contributed by atoms with Crippen LogP contribution in [0.1, 0.15) is 25.3 Å². The van der Waals surface area contributed by atoms with Gasteiger partial charge in [-0.1, -0.05) is 0 Å². The van der Waals surface area contributed by atoms with Crippen LogP contribution in [0.5, 0.6) is 0 Å². The van der Waals surface area contributed by atoms with E-state index in [-0.39, 0.29) is 0 Å². The lowest BCUT2D eigenvalue weighted by Crippen LogP contribution is -2.37. The van der Waals surface area contributed by atoms with E-state index in [0.717, 1.165) is 6.54 Å². The maximum Gasteiger partial charge on any atom is 0.0223 e. The molecule has 1 unspecified atom stereocenters. The first-order chi connectivity index (χ1) is 7.74. The number of hydrogen-bond donors (Lipinski definition) is 1. The van der Waals surface area contributed by atoms with Crippen molar-refractivity contribution in [1.29, 1.82) is 0 Å². The van der Waals surface area contributed by atoms with E-state index >= 15 is 0 Å². The zero-order valence-corrected chi connectivity index (χ0v) is 10.4. The van der Waals surface area contributed by atoms with Crippen LogP contribution in [0, 0.1) is 0 Å². The molecule has 1 atom stereocenters. The van der Waals surface area contributed by atoms with Crippen LogP contribution in [0.4, 0.5) is 0 Å². The lowest BCUT2D eigenvalue weighted by Gasteiger charge is -2.21. The Morgan fingerprint density at radius 3 is 2.75 bits per heavy atom. The second-order valence-corrected chi connectivity index (χ2v) is 4.97. The molecule has 3 nitrogen and oxygen atoms in total. The van der Waals surface area contributed by atoms with E-state index in [1.54, 1.807) is 0 Å². The minimum absolute atomic E-state index is 0.582. The molecule has 3 heteroatoms. The first-order valence-corrected chi connectivity index (χ1v) is 6.30. The predicted molar refractivity (Wildman–Crippen MR) is 67.4 cm³/mol. The zero-order valence-electron chi connectivity index (χ0n) is 10.4. The summed E-state index contributed by atoms with van der Waals surface area (Å²) in [5, 5.41) is 3.58. The molecule has 2 heterocycles. The summed E-state index contributed by atoms with van der Waals surface area (Å²) < 4.78 is 2.10. The molecule has 16 heavy (non-hydrogen) atoms. The molecule has 1 N–H and O–H groups in total. The molecule has 1 aliphatic rings. The fourth-order valence-electron chi connectivity index (χ4n) is 2.37. The Morgan fingerprint density at radius 1 is 1.38 bits per heavy atom. The molecule has 1 fully saturated rings. The second kappa shape index (κ2) is 5.51. The Morgan fingerprint density at radius 2 is 2.12 bits per heavy atom. The fourth-order valence-corrected chi connectivity index (χ4v) is 2.37. The summed E-state index contributed by atoms with van der Waals surface area (Å²) in [7, 11) is 2.07. The summed E-state index contributed by atoms with van der Waals surface area (Å²) in [5.41, 5.74) is 1.37. The molecule has 0 bridgehead atoms. The van der Waals surface area contributed by atoms with E-state index in [1.165, 1.54) is 38.0 Å². The maximum absolute atomic E-state index is 3.58. The Hall–Kier alpha value is -0.800. The fraction of sp³-hybridized carbons (Fsp3) is 0.692. The SMILES string of the molecule is CC(CN1CCCC1)NCc1ccn(C)c1. The maximum atomic E-state index is 3.58. The standard InChI is InChI=1S/C13H23N3/c1-12(10-16-6-3-4-7-16)14-9-13-5-8-15(2)11-13/h5,8,11-12,14H,3-4,6-7,9-10H2,1-2H3. The minimum atomic E-state index is 0.582. The van der Waals surface area contributed by atoms with Gasteiger partial charge in [-0.05, 0) is 44.5 Å². The molecule has 0 saturated carbocycles. The summed E-state index contributed by atoms with van der Waals surface area (Å²) >= 11 is 0. The molecule has 0 aromatic carbocycles. The third-order valence-corrected chi connectivity index (χ3v) is 3.28. The summed E-state index contributed by atoms with van der Waals surface area (Å²) in [6, 6.07) is 2.76. The van der Waals surface area contributed by atoms with Crippen molar-refractivity contribution < 1.29 is 0 Å². The zero-order chi connectivity index (χ0) is 11.4. The van der Waals surface area contributed by atoms with Crippen LogP contribution in [-0.2, 0) is 13.6 Å². The lowest BCUT2D eigenvalue weighted by atomic mass is 10.2. The number of aromatic nitrogens is 1. The highest BCUT2D eigenvalue weighted by Gasteiger charge is 2.13. The quantitative estimate of drug-likeness (QED) is 0.815. The van der Waals surface area contributed by atoms with Crippen molar-refractivity contribution >= 4 is 0 Å². The van der Waals surface area contributed by atoms with Crippen molar-refractivity contribution in [3.8, 4) is 0 Å². The molecule has 1 aliphatic heterocycles. The molecular weight excluding hydrogens is 198 g/mol. The molecule has 1 aromatic rings. The van der Waals surface area contributed by atoms with Crippen LogP contribution in [-0.4, -0.2) is 35.1 Å². The van der Waals surface area contributed by atoms with Gasteiger partial charge in [0.15, 0.2) is 0 Å². The molecule has 0 radical (unpaired) electrons. The van der Waals surface area contributed by atoms with Crippen LogP contribution >= 0.6 is 0 Å². The van der Waals surface area contributed by atoms with Crippen molar-refractivity contribution in [3.05, 3.63) is 24.0 Å². The van der Waals surface area contributed by atoms with E-state index < -0.39 is 0 Å². The van der Waals surface area contributed by atoms with E-state index in [9.17, 15) is 0 Å². The van der Waals surface area contributed by atoms with Gasteiger partial charge in [-0.15, -0.1) is 0 Å². The largest absolute Gasteiger partial charge is 0.357 e. The van der Waals surface area contributed by atoms with Gasteiger partial charge in [0.25, 0.3) is 0 Å². The van der Waals surface area contributed by atoms with Gasteiger partial charge in [-0.2, -0.15) is 0 Å². The number of aryl methyl sites for hydroxylation is 1. The van der Waals surface area contributed by atoms with Gasteiger partial charge in [0.05, 0.1) is 0 Å². The lowest BCUT2D eigenvalue weighted by molar-refractivity contribution is 0.298. The number of rotatable bonds is 5. The number of likely N-dealkylation sites (tertiary alicyclic amines) is 1. The molecule has 2 rings (SSSR count). The van der Waals surface area contributed by atoms with E-state index in [4.69, 9.17) is 0 Å². The smallest absolute Gasteiger partial charge is 0.0223 e. The first-order valence-electron chi connectivity index (χ1n) is 6.30. The highest BCUT2D eigenvalue weighted by molar-refractivity contribution is 5.09. The second-order valence-electron chi connectivity index (χ2n) is 4.97. The van der Waals surface area contributed by atoms with Crippen LogP contribution in [0.2, 0.25) is 0 Å². The predicted octanol–water partition coefficient (Wildman–Crippen LogP) is 1.60. The van der Waals surface area contributed by atoms with Crippen molar-refractivity contribution in [3.63, 3.8) is 0 Å². The monoisotopic (exact) mass is 221 g/mol. The first kappa shape index (κ1) is 11.7.